The van der Waals surface area contributed by atoms with Crippen LogP contribution in [0.1, 0.15) is 25.2 Å². The first-order chi connectivity index (χ1) is 9.60. The molecule has 0 amide bonds. The van der Waals surface area contributed by atoms with Gasteiger partial charge >= 0.3 is 0 Å². The Morgan fingerprint density at radius 2 is 1.95 bits per heavy atom. The van der Waals surface area contributed by atoms with Crippen molar-refractivity contribution in [3.05, 3.63) is 40.4 Å². The second-order valence-corrected chi connectivity index (χ2v) is 5.68. The molecule has 0 radical (unpaired) electrons. The molecule has 1 heterocycles. The third-order valence-electron chi connectivity index (χ3n) is 3.18. The van der Waals surface area contributed by atoms with Crippen molar-refractivity contribution >= 4 is 12.2 Å². The number of nitrogens with one attached hydrogen (secondary N) is 1. The van der Waals surface area contributed by atoms with E-state index >= 15 is 0 Å². The smallest absolute Gasteiger partial charge is 0.195 e. The molecule has 0 fully saturated rings. The predicted molar refractivity (Wildman–Crippen MR) is 82.7 cm³/mol. The van der Waals surface area contributed by atoms with E-state index in [1.165, 1.54) is 5.56 Å². The first-order valence-corrected chi connectivity index (χ1v) is 7.28. The zero-order valence-electron chi connectivity index (χ0n) is 12.2. The summed E-state index contributed by atoms with van der Waals surface area (Å²) in [6.07, 6.45) is 1.83. The predicted octanol–water partition coefficient (Wildman–Crippen LogP) is 3.39. The number of aromatic nitrogens is 3. The van der Waals surface area contributed by atoms with E-state index in [1.807, 2.05) is 12.1 Å². The van der Waals surface area contributed by atoms with E-state index < -0.39 is 0 Å². The quantitative estimate of drug-likeness (QED) is 0.830. The molecule has 20 heavy (non-hydrogen) atoms. The van der Waals surface area contributed by atoms with E-state index in [9.17, 15) is 0 Å². The lowest BCUT2D eigenvalue weighted by Crippen LogP contribution is -2.09. The second-order valence-electron chi connectivity index (χ2n) is 5.30. The van der Waals surface area contributed by atoms with Crippen LogP contribution in [0.3, 0.4) is 0 Å². The lowest BCUT2D eigenvalue weighted by atomic mass is 10.1. The second kappa shape index (κ2) is 6.70. The van der Waals surface area contributed by atoms with Gasteiger partial charge in [-0.1, -0.05) is 26.0 Å². The number of aromatic amines is 1. The van der Waals surface area contributed by atoms with Crippen LogP contribution >= 0.6 is 12.2 Å². The van der Waals surface area contributed by atoms with E-state index in [1.54, 1.807) is 7.11 Å². The van der Waals surface area contributed by atoms with Crippen LogP contribution in [0, 0.1) is 10.7 Å². The molecule has 0 aliphatic carbocycles. The highest BCUT2D eigenvalue weighted by atomic mass is 32.1. The Labute approximate surface area is 124 Å². The molecule has 0 spiro atoms. The third-order valence-corrected chi connectivity index (χ3v) is 3.49. The highest BCUT2D eigenvalue weighted by Gasteiger charge is 2.08. The number of methoxy groups -OCH3 is 1. The van der Waals surface area contributed by atoms with E-state index in [0.717, 1.165) is 31.0 Å². The van der Waals surface area contributed by atoms with Crippen molar-refractivity contribution in [2.45, 2.75) is 33.2 Å². The van der Waals surface area contributed by atoms with Gasteiger partial charge in [-0.3, -0.25) is 5.10 Å². The van der Waals surface area contributed by atoms with Crippen LogP contribution in [0.4, 0.5) is 0 Å². The molecule has 1 aromatic carbocycles. The molecule has 0 unspecified atom stereocenters. The first-order valence-electron chi connectivity index (χ1n) is 6.87. The summed E-state index contributed by atoms with van der Waals surface area (Å²) in [5.74, 6) is 2.47. The summed E-state index contributed by atoms with van der Waals surface area (Å²) < 4.78 is 7.98. The van der Waals surface area contributed by atoms with Crippen molar-refractivity contribution in [2.24, 2.45) is 5.92 Å². The van der Waals surface area contributed by atoms with Crippen molar-refractivity contribution in [3.63, 3.8) is 0 Å². The fraction of sp³-hybridized carbons (Fsp3) is 0.467. The molecule has 2 rings (SSSR count). The molecule has 0 bridgehead atoms. The van der Waals surface area contributed by atoms with Crippen molar-refractivity contribution in [2.75, 3.05) is 7.11 Å². The first kappa shape index (κ1) is 14.8. The summed E-state index contributed by atoms with van der Waals surface area (Å²) in [6.45, 7) is 5.28. The van der Waals surface area contributed by atoms with Crippen molar-refractivity contribution in [1.82, 2.24) is 14.8 Å². The van der Waals surface area contributed by atoms with Crippen LogP contribution in [0.25, 0.3) is 0 Å². The van der Waals surface area contributed by atoms with Crippen LogP contribution in [-0.2, 0) is 19.4 Å². The number of aryl methyl sites for hydroxylation is 2. The maximum Gasteiger partial charge on any atom is 0.195 e. The van der Waals surface area contributed by atoms with Gasteiger partial charge in [0.1, 0.15) is 11.6 Å². The zero-order chi connectivity index (χ0) is 14.5. The molecule has 0 saturated carbocycles. The van der Waals surface area contributed by atoms with Crippen molar-refractivity contribution in [3.8, 4) is 5.75 Å². The van der Waals surface area contributed by atoms with Gasteiger partial charge in [0, 0.05) is 13.0 Å². The van der Waals surface area contributed by atoms with Gasteiger partial charge in [-0.2, -0.15) is 5.10 Å². The average Bonchev–Trinajstić information content (AvgIpc) is 2.78. The number of hydrogen-bond donors (Lipinski definition) is 1. The van der Waals surface area contributed by atoms with Crippen LogP contribution in [0.2, 0.25) is 0 Å². The molecule has 5 heteroatoms. The summed E-state index contributed by atoms with van der Waals surface area (Å²) in [7, 11) is 1.68. The molecule has 1 aromatic heterocycles. The van der Waals surface area contributed by atoms with Crippen LogP contribution < -0.4 is 4.74 Å². The average molecular weight is 291 g/mol. The van der Waals surface area contributed by atoms with E-state index in [0.29, 0.717) is 10.7 Å². The molecule has 0 aliphatic rings. The van der Waals surface area contributed by atoms with Crippen molar-refractivity contribution < 1.29 is 4.74 Å². The Kier molecular flexibility index (Phi) is 4.95. The third kappa shape index (κ3) is 3.70. The maximum absolute atomic E-state index is 5.28. The van der Waals surface area contributed by atoms with Gasteiger partial charge in [-0.15, -0.1) is 0 Å². The Hall–Kier alpha value is -1.62. The molecule has 0 atom stereocenters. The minimum atomic E-state index is 0.555. The van der Waals surface area contributed by atoms with Gasteiger partial charge < -0.3 is 9.30 Å². The lowest BCUT2D eigenvalue weighted by molar-refractivity contribution is 0.414. The number of hydrogen-bond acceptors (Lipinski definition) is 3. The minimum Gasteiger partial charge on any atom is -0.497 e. The van der Waals surface area contributed by atoms with Crippen LogP contribution in [0.5, 0.6) is 5.75 Å². The molecule has 4 nitrogen and oxygen atoms in total. The monoisotopic (exact) mass is 291 g/mol. The van der Waals surface area contributed by atoms with E-state index in [-0.39, 0.29) is 0 Å². The van der Waals surface area contributed by atoms with Gasteiger partial charge in [-0.25, -0.2) is 0 Å². The zero-order valence-corrected chi connectivity index (χ0v) is 13.0. The number of nitrogens with zero attached hydrogens (tertiary/aromatic N) is 2. The fourth-order valence-corrected chi connectivity index (χ4v) is 2.37. The Balaban J connectivity index is 2.04. The highest BCUT2D eigenvalue weighted by Crippen LogP contribution is 2.13. The topological polar surface area (TPSA) is 42.8 Å². The summed E-state index contributed by atoms with van der Waals surface area (Å²) >= 11 is 5.28. The maximum atomic E-state index is 5.28. The van der Waals surface area contributed by atoms with Crippen molar-refractivity contribution in [1.29, 1.82) is 0 Å². The largest absolute Gasteiger partial charge is 0.497 e. The fourth-order valence-electron chi connectivity index (χ4n) is 2.14. The number of rotatable bonds is 6. The van der Waals surface area contributed by atoms with Gasteiger partial charge in [0.15, 0.2) is 4.77 Å². The van der Waals surface area contributed by atoms with Gasteiger partial charge in [0.25, 0.3) is 0 Å². The molecular weight excluding hydrogens is 270 g/mol. The highest BCUT2D eigenvalue weighted by molar-refractivity contribution is 7.71. The molecule has 1 N–H and O–H groups in total. The molecule has 0 saturated heterocycles. The van der Waals surface area contributed by atoms with E-state index in [2.05, 4.69) is 40.7 Å². The number of benzene rings is 1. The standard InChI is InChI=1S/C15H21N3OS/c1-11(2)10-18-14(16-17-15(18)20)9-6-12-4-7-13(19-3)8-5-12/h4-5,7-8,11H,6,9-10H2,1-3H3,(H,17,20). The van der Waals surface area contributed by atoms with Crippen LogP contribution in [0.15, 0.2) is 24.3 Å². The molecular formula is C15H21N3OS. The molecule has 108 valence electrons. The Bertz CT molecular complexity index is 598. The summed E-state index contributed by atoms with van der Waals surface area (Å²) in [5.41, 5.74) is 1.27. The summed E-state index contributed by atoms with van der Waals surface area (Å²) in [5, 5.41) is 7.23. The van der Waals surface area contributed by atoms with Crippen LogP contribution in [-0.4, -0.2) is 21.9 Å². The SMILES string of the molecule is COc1ccc(CCc2n[nH]c(=S)n2CC(C)C)cc1. The summed E-state index contributed by atoms with van der Waals surface area (Å²) in [4.78, 5) is 0. The van der Waals surface area contributed by atoms with Gasteiger partial charge in [0.2, 0.25) is 0 Å². The molecule has 2 aromatic rings. The summed E-state index contributed by atoms with van der Waals surface area (Å²) in [6, 6.07) is 8.15. The van der Waals surface area contributed by atoms with Gasteiger partial charge in [0.05, 0.1) is 7.11 Å². The Morgan fingerprint density at radius 3 is 2.55 bits per heavy atom. The lowest BCUT2D eigenvalue weighted by Gasteiger charge is -2.09. The number of H-pyrrole nitrogens is 1. The molecule has 0 aliphatic heterocycles. The minimum absolute atomic E-state index is 0.555. The van der Waals surface area contributed by atoms with E-state index in [4.69, 9.17) is 17.0 Å². The van der Waals surface area contributed by atoms with Gasteiger partial charge in [-0.05, 0) is 42.3 Å². The number of ether oxygens (including phenoxy) is 1. The normalized spacial score (nSPS) is 11.0. The Morgan fingerprint density at radius 1 is 1.25 bits per heavy atom.